The quantitative estimate of drug-likeness (QED) is 0.0426. The lowest BCUT2D eigenvalue weighted by atomic mass is 10.0. The lowest BCUT2D eigenvalue weighted by molar-refractivity contribution is -0.883. The van der Waals surface area contributed by atoms with Crippen LogP contribution < -0.4 is 0 Å². The molecule has 0 aliphatic carbocycles. The van der Waals surface area contributed by atoms with E-state index in [1.54, 1.807) is 0 Å². The van der Waals surface area contributed by atoms with Crippen LogP contribution >= 0.6 is 8.58 Å². The largest absolute Gasteiger partial charge is 0.396 e. The maximum atomic E-state index is 12.8. The summed E-state index contributed by atoms with van der Waals surface area (Å²) in [5.41, 5.74) is 0.172. The zero-order chi connectivity index (χ0) is 32.7. The number of carbonyl (C=O) groups excluding carboxylic acids is 2. The topological polar surface area (TPSA) is 54.4 Å². The lowest BCUT2D eigenvalue weighted by Crippen LogP contribution is -2.52. The molecule has 0 fully saturated rings. The molecule has 0 spiro atoms. The van der Waals surface area contributed by atoms with E-state index in [0.29, 0.717) is 25.9 Å². The number of unbranched alkanes of at least 4 members (excludes halogenated alkanes) is 26. The summed E-state index contributed by atoms with van der Waals surface area (Å²) in [5.74, 6) is -0.466. The molecule has 0 rings (SSSR count). The van der Waals surface area contributed by atoms with E-state index in [-0.39, 0.29) is 17.1 Å². The van der Waals surface area contributed by atoms with Gasteiger partial charge in [-0.05, 0) is 24.8 Å². The van der Waals surface area contributed by atoms with Gasteiger partial charge in [-0.25, -0.2) is 0 Å². The maximum absolute atomic E-state index is 12.8. The summed E-state index contributed by atoms with van der Waals surface area (Å²) in [6.45, 7) is 4.55. The maximum Gasteiger partial charge on any atom is 0.164 e. The van der Waals surface area contributed by atoms with Crippen LogP contribution in [0.25, 0.3) is 0 Å². The summed E-state index contributed by atoms with van der Waals surface area (Å²) >= 11 is 0. The molecule has 0 amide bonds. The highest BCUT2D eigenvalue weighted by Gasteiger charge is 2.29. The minimum absolute atomic E-state index is 0.0848. The smallest absolute Gasteiger partial charge is 0.164 e. The van der Waals surface area contributed by atoms with Gasteiger partial charge in [0.1, 0.15) is 6.10 Å². The number of hydrogen-bond acceptors (Lipinski definition) is 3. The first-order valence-electron chi connectivity index (χ1n) is 19.5. The predicted octanol–water partition coefficient (Wildman–Crippen LogP) is 12.2. The number of aliphatic hydroxyl groups excluding tert-OH is 1. The standard InChI is InChI=1S/C39H78NO3P/c1-6-8-10-12-14-16-18-20-21-23-25-27-29-31-33-35-37(42)44-39(40(3,4)5)38(43)36(41)34-32-30-28-26-24-22-19-17-15-13-11-9-7-2/h38-39,43H,6-35H2,1-5H3. The number of nitrogens with zero attached hydrogens (tertiary/aromatic N) is 1. The zero-order valence-electron chi connectivity index (χ0n) is 30.5. The fourth-order valence-electron chi connectivity index (χ4n) is 6.16. The van der Waals surface area contributed by atoms with Gasteiger partial charge in [0.2, 0.25) is 0 Å². The molecule has 0 radical (unpaired) electrons. The number of Topliss-reactive ketones (excluding diaryl/α,β-unsaturated/α-hetero) is 1. The highest BCUT2D eigenvalue weighted by atomic mass is 31.1. The van der Waals surface area contributed by atoms with Gasteiger partial charge in [0.25, 0.3) is 0 Å². The molecule has 0 aromatic heterocycles. The fraction of sp³-hybridized carbons (Fsp3) is 0.949. The number of rotatable bonds is 35. The molecule has 262 valence electrons. The van der Waals surface area contributed by atoms with Crippen molar-refractivity contribution >= 4 is 19.9 Å². The first-order chi connectivity index (χ1) is 21.2. The molecule has 0 saturated carbocycles. The Morgan fingerprint density at radius 1 is 0.477 bits per heavy atom. The molecule has 44 heavy (non-hydrogen) atoms. The molecule has 0 saturated heterocycles. The van der Waals surface area contributed by atoms with Crippen LogP contribution in [0.3, 0.4) is 0 Å². The molecule has 0 heterocycles. The molecule has 4 nitrogen and oxygen atoms in total. The molecule has 0 aromatic rings. The number of likely N-dealkylation sites (N-methyl/N-ethyl adjacent to an activating group) is 1. The highest BCUT2D eigenvalue weighted by Crippen LogP contribution is 2.32. The van der Waals surface area contributed by atoms with Gasteiger partial charge in [0, 0.05) is 12.2 Å². The van der Waals surface area contributed by atoms with Crippen molar-refractivity contribution in [1.29, 1.82) is 0 Å². The minimum atomic E-state index is -1.06. The fourth-order valence-corrected chi connectivity index (χ4v) is 7.39. The van der Waals surface area contributed by atoms with Crippen LogP contribution in [-0.2, 0) is 9.59 Å². The molecule has 0 aromatic carbocycles. The van der Waals surface area contributed by atoms with E-state index in [1.165, 1.54) is 154 Å². The van der Waals surface area contributed by atoms with Crippen LogP contribution in [0.2, 0.25) is 0 Å². The summed E-state index contributed by atoms with van der Waals surface area (Å²) in [6.07, 6.45) is 36.3. The zero-order valence-corrected chi connectivity index (χ0v) is 31.4. The Kier molecular flexibility index (Phi) is 31.1. The van der Waals surface area contributed by atoms with E-state index in [4.69, 9.17) is 0 Å². The van der Waals surface area contributed by atoms with Crippen molar-refractivity contribution in [3.05, 3.63) is 0 Å². The second-order valence-corrected chi connectivity index (χ2v) is 15.9. The summed E-state index contributed by atoms with van der Waals surface area (Å²) < 4.78 is 0.428. The summed E-state index contributed by atoms with van der Waals surface area (Å²) in [7, 11) is 6.56. The minimum Gasteiger partial charge on any atom is -0.396 e. The van der Waals surface area contributed by atoms with Crippen molar-refractivity contribution < 1.29 is 19.2 Å². The molecule has 0 aliphatic rings. The summed E-state index contributed by atoms with van der Waals surface area (Å²) in [4.78, 5) is 25.6. The van der Waals surface area contributed by atoms with Crippen LogP contribution in [0.5, 0.6) is 0 Å². The van der Waals surface area contributed by atoms with Gasteiger partial charge in [-0.15, -0.1) is 0 Å². The van der Waals surface area contributed by atoms with E-state index in [2.05, 4.69) is 13.8 Å². The van der Waals surface area contributed by atoms with Gasteiger partial charge < -0.3 is 23.0 Å². The Labute approximate surface area is 278 Å². The van der Waals surface area contributed by atoms with Crippen LogP contribution in [-0.4, -0.2) is 53.9 Å². The number of carbonyl (C=O) groups is 2. The molecule has 2 unspecified atom stereocenters. The van der Waals surface area contributed by atoms with E-state index in [1.807, 2.05) is 21.1 Å². The lowest BCUT2D eigenvalue weighted by Gasteiger charge is -2.44. The second-order valence-electron chi connectivity index (χ2n) is 14.7. The van der Waals surface area contributed by atoms with Crippen molar-refractivity contribution in [1.82, 2.24) is 0 Å². The third kappa shape index (κ3) is 28.0. The van der Waals surface area contributed by atoms with Crippen molar-refractivity contribution in [2.24, 2.45) is 0 Å². The first-order valence-corrected chi connectivity index (χ1v) is 20.5. The van der Waals surface area contributed by atoms with Crippen molar-refractivity contribution in [3.8, 4) is 0 Å². The van der Waals surface area contributed by atoms with E-state index in [9.17, 15) is 14.7 Å². The Morgan fingerprint density at radius 3 is 1.05 bits per heavy atom. The van der Waals surface area contributed by atoms with Crippen LogP contribution in [0, 0.1) is 0 Å². The van der Waals surface area contributed by atoms with Gasteiger partial charge in [0.05, 0.1) is 21.1 Å². The normalized spacial score (nSPS) is 13.6. The predicted molar refractivity (Wildman–Crippen MR) is 195 cm³/mol. The Hall–Kier alpha value is -0.310. The average Bonchev–Trinajstić information content (AvgIpc) is 2.99. The third-order valence-electron chi connectivity index (χ3n) is 9.20. The molecule has 0 aliphatic heterocycles. The Balaban J connectivity index is 3.91. The van der Waals surface area contributed by atoms with E-state index < -0.39 is 6.10 Å². The second kappa shape index (κ2) is 31.3. The number of ketones is 1. The van der Waals surface area contributed by atoms with Gasteiger partial charge in [-0.2, -0.15) is 0 Å². The number of hydrogen-bond donors (Lipinski definition) is 1. The molecule has 2 atom stereocenters. The molecule has 5 heteroatoms. The first kappa shape index (κ1) is 43.7. The average molecular weight is 640 g/mol. The SMILES string of the molecule is CCCCCCCCCCCCCCCCCC(=O)[P-]C(C(O)C(=O)CCCCCCCCCCCCCCC)[N+](C)(C)C. The van der Waals surface area contributed by atoms with Crippen molar-refractivity contribution in [3.63, 3.8) is 0 Å². The third-order valence-corrected chi connectivity index (χ3v) is 11.0. The highest BCUT2D eigenvalue weighted by molar-refractivity contribution is 7.58. The van der Waals surface area contributed by atoms with Gasteiger partial charge in [0.15, 0.2) is 5.78 Å². The van der Waals surface area contributed by atoms with Crippen molar-refractivity contribution in [2.75, 3.05) is 21.1 Å². The van der Waals surface area contributed by atoms with Gasteiger partial charge >= 0.3 is 0 Å². The van der Waals surface area contributed by atoms with Gasteiger partial charge in [-0.3, -0.25) is 4.79 Å². The van der Waals surface area contributed by atoms with Crippen molar-refractivity contribution in [2.45, 2.75) is 218 Å². The molecule has 0 bridgehead atoms. The molecular formula is C39H78NO3P. The monoisotopic (exact) mass is 640 g/mol. The van der Waals surface area contributed by atoms with E-state index in [0.717, 1.165) is 25.7 Å². The summed E-state index contributed by atoms with van der Waals surface area (Å²) in [5, 5.41) is 10.9. The Morgan fingerprint density at radius 2 is 0.750 bits per heavy atom. The Bertz CT molecular complexity index is 648. The molecular weight excluding hydrogens is 561 g/mol. The van der Waals surface area contributed by atoms with Crippen LogP contribution in [0.1, 0.15) is 206 Å². The molecule has 1 N–H and O–H groups in total. The van der Waals surface area contributed by atoms with Crippen LogP contribution in [0.15, 0.2) is 0 Å². The number of aliphatic hydroxyl groups is 1. The van der Waals surface area contributed by atoms with E-state index >= 15 is 0 Å². The summed E-state index contributed by atoms with van der Waals surface area (Å²) in [6, 6.07) is 0. The number of quaternary nitrogens is 1. The van der Waals surface area contributed by atoms with Gasteiger partial charge in [-0.1, -0.05) is 181 Å². The van der Waals surface area contributed by atoms with Crippen LogP contribution in [0.4, 0.5) is 0 Å².